The number of hydrogen-bond donors (Lipinski definition) is 2. The molecule has 118 valence electrons. The van der Waals surface area contributed by atoms with Crippen molar-refractivity contribution in [2.24, 2.45) is 0 Å². The predicted octanol–water partition coefficient (Wildman–Crippen LogP) is 1.89. The highest BCUT2D eigenvalue weighted by Crippen LogP contribution is 2.34. The standard InChI is InChI=1S/C16H14N2O5/c1-18(2,3)8-4-5-10-12(6-8)23-15-13(17-10)9(16(21)22)7-11(19)14(15)20/h4-7H,1-3H3,(H-,17,20,21,22)/p+1. The summed E-state index contributed by atoms with van der Waals surface area (Å²) in [4.78, 5) is 27.3. The highest BCUT2D eigenvalue weighted by Gasteiger charge is 2.25. The Morgan fingerprint density at radius 3 is 2.52 bits per heavy atom. The molecular formula is C16H15N2O5+. The van der Waals surface area contributed by atoms with Crippen molar-refractivity contribution in [2.45, 2.75) is 0 Å². The van der Waals surface area contributed by atoms with Crippen LogP contribution < -0.4 is 9.91 Å². The van der Waals surface area contributed by atoms with Gasteiger partial charge in [-0.1, -0.05) is 0 Å². The van der Waals surface area contributed by atoms with E-state index in [1.54, 1.807) is 12.1 Å². The van der Waals surface area contributed by atoms with Crippen LogP contribution in [0.15, 0.2) is 33.5 Å². The third-order valence-electron chi connectivity index (χ3n) is 3.59. The van der Waals surface area contributed by atoms with Gasteiger partial charge in [0.1, 0.15) is 16.9 Å². The van der Waals surface area contributed by atoms with Crippen molar-refractivity contribution in [1.82, 2.24) is 9.47 Å². The van der Waals surface area contributed by atoms with E-state index in [0.717, 1.165) is 11.8 Å². The van der Waals surface area contributed by atoms with E-state index in [1.165, 1.54) is 0 Å². The summed E-state index contributed by atoms with van der Waals surface area (Å²) in [6.07, 6.45) is 0. The van der Waals surface area contributed by atoms with Crippen LogP contribution in [0.1, 0.15) is 10.4 Å². The van der Waals surface area contributed by atoms with Crippen LogP contribution >= 0.6 is 0 Å². The fourth-order valence-electron chi connectivity index (χ4n) is 2.31. The first-order chi connectivity index (χ1) is 10.7. The van der Waals surface area contributed by atoms with Gasteiger partial charge >= 0.3 is 5.97 Å². The van der Waals surface area contributed by atoms with Crippen LogP contribution in [0.2, 0.25) is 0 Å². The Kier molecular flexibility index (Phi) is 3.12. The second-order valence-electron chi connectivity index (χ2n) is 6.13. The average molecular weight is 315 g/mol. The Labute approximate surface area is 131 Å². The Hall–Kier alpha value is -2.93. The predicted molar refractivity (Wildman–Crippen MR) is 85.1 cm³/mol. The van der Waals surface area contributed by atoms with Crippen LogP contribution in [0.3, 0.4) is 0 Å². The van der Waals surface area contributed by atoms with E-state index < -0.39 is 17.1 Å². The maximum Gasteiger partial charge on any atom is 0.338 e. The topological polar surface area (TPSA) is 101 Å². The van der Waals surface area contributed by atoms with E-state index in [1.807, 2.05) is 27.2 Å². The molecule has 0 saturated heterocycles. The van der Waals surface area contributed by atoms with Crippen LogP contribution in [0, 0.1) is 0 Å². The summed E-state index contributed by atoms with van der Waals surface area (Å²) in [5.74, 6) is -2.17. The molecule has 0 unspecified atom stereocenters. The fraction of sp³-hybridized carbons (Fsp3) is 0.188. The second kappa shape index (κ2) is 4.79. The summed E-state index contributed by atoms with van der Waals surface area (Å²) in [6.45, 7) is 0. The second-order valence-corrected chi connectivity index (χ2v) is 6.13. The maximum absolute atomic E-state index is 11.7. The number of aromatic nitrogens is 1. The zero-order valence-electron chi connectivity index (χ0n) is 12.8. The van der Waals surface area contributed by atoms with E-state index in [9.17, 15) is 19.8 Å². The molecule has 1 aliphatic carbocycles. The van der Waals surface area contributed by atoms with Crippen molar-refractivity contribution in [3.63, 3.8) is 0 Å². The zero-order valence-corrected chi connectivity index (χ0v) is 12.8. The number of phenols is 1. The molecule has 0 bridgehead atoms. The summed E-state index contributed by atoms with van der Waals surface area (Å²) in [5, 5.41) is 19.1. The number of carboxylic acids is 1. The van der Waals surface area contributed by atoms with Gasteiger partial charge in [-0.05, 0) is 6.07 Å². The smallest absolute Gasteiger partial charge is 0.338 e. The molecule has 1 aromatic rings. The number of carbonyl (C=O) groups is 1. The van der Waals surface area contributed by atoms with E-state index in [4.69, 9.17) is 4.42 Å². The molecule has 0 fully saturated rings. The van der Waals surface area contributed by atoms with Crippen LogP contribution in [0.25, 0.3) is 22.6 Å². The van der Waals surface area contributed by atoms with Crippen molar-refractivity contribution < 1.29 is 19.4 Å². The van der Waals surface area contributed by atoms with Gasteiger partial charge in [-0.15, -0.1) is 0 Å². The van der Waals surface area contributed by atoms with Crippen molar-refractivity contribution in [2.75, 3.05) is 21.1 Å². The first kappa shape index (κ1) is 15.0. The number of benzene rings is 2. The number of rotatable bonds is 2. The zero-order chi connectivity index (χ0) is 16.9. The van der Waals surface area contributed by atoms with E-state index in [-0.39, 0.29) is 17.0 Å². The molecule has 0 amide bonds. The lowest BCUT2D eigenvalue weighted by atomic mass is 10.1. The monoisotopic (exact) mass is 315 g/mol. The van der Waals surface area contributed by atoms with E-state index in [0.29, 0.717) is 15.6 Å². The van der Waals surface area contributed by atoms with Gasteiger partial charge in [0, 0.05) is 18.2 Å². The van der Waals surface area contributed by atoms with Crippen LogP contribution in [-0.2, 0) is 0 Å². The highest BCUT2D eigenvalue weighted by atomic mass is 16.4. The molecule has 23 heavy (non-hydrogen) atoms. The van der Waals surface area contributed by atoms with Gasteiger partial charge in [-0.2, -0.15) is 0 Å². The van der Waals surface area contributed by atoms with Gasteiger partial charge in [0.25, 0.3) is 0 Å². The number of carboxylic acid groups (broad SMARTS) is 1. The molecular weight excluding hydrogens is 300 g/mol. The molecule has 3 rings (SSSR count). The fourth-order valence-corrected chi connectivity index (χ4v) is 2.31. The summed E-state index contributed by atoms with van der Waals surface area (Å²) < 4.78 is 6.14. The van der Waals surface area contributed by atoms with E-state index in [2.05, 4.69) is 4.98 Å². The lowest BCUT2D eigenvalue weighted by Crippen LogP contribution is -2.34. The molecule has 0 atom stereocenters. The summed E-state index contributed by atoms with van der Waals surface area (Å²) in [5.41, 5.74) is 0.556. The Bertz CT molecular complexity index is 969. The summed E-state index contributed by atoms with van der Waals surface area (Å²) >= 11 is 0. The van der Waals surface area contributed by atoms with Crippen molar-refractivity contribution >= 4 is 22.8 Å². The molecule has 0 saturated carbocycles. The molecule has 0 spiro atoms. The third-order valence-corrected chi connectivity index (χ3v) is 3.59. The SMILES string of the molecule is C[N+](C)(C)c1ccc2nc3c(C(=O)O)cc(=O)c(O)c-3oc2c1. The Morgan fingerprint density at radius 1 is 1.22 bits per heavy atom. The molecule has 1 aromatic carbocycles. The maximum atomic E-state index is 11.7. The lowest BCUT2D eigenvalue weighted by molar-refractivity contribution is 0.0697. The molecule has 1 heterocycles. The van der Waals surface area contributed by atoms with Gasteiger partial charge in [-0.25, -0.2) is 9.78 Å². The molecule has 0 aromatic heterocycles. The minimum absolute atomic E-state index is 0.0555. The number of fused-ring (bicyclic) bond motifs is 2. The number of hydrogen-bond acceptors (Lipinski definition) is 5. The average Bonchev–Trinajstić information content (AvgIpc) is 2.47. The first-order valence-corrected chi connectivity index (χ1v) is 6.84. The minimum atomic E-state index is -1.31. The molecule has 1 aliphatic heterocycles. The van der Waals surface area contributed by atoms with Crippen LogP contribution in [0.5, 0.6) is 5.75 Å². The first-order valence-electron chi connectivity index (χ1n) is 6.84. The van der Waals surface area contributed by atoms with Gasteiger partial charge < -0.3 is 14.6 Å². The van der Waals surface area contributed by atoms with Crippen molar-refractivity contribution in [3.05, 3.63) is 40.1 Å². The number of aromatic carboxylic acids is 1. The minimum Gasteiger partial charge on any atom is -0.501 e. The summed E-state index contributed by atoms with van der Waals surface area (Å²) in [7, 11) is 5.93. The highest BCUT2D eigenvalue weighted by molar-refractivity contribution is 5.96. The molecule has 7 nitrogen and oxygen atoms in total. The lowest BCUT2D eigenvalue weighted by Gasteiger charge is -2.23. The quantitative estimate of drug-likeness (QED) is 0.553. The summed E-state index contributed by atoms with van der Waals surface area (Å²) in [6, 6.07) is 6.16. The van der Waals surface area contributed by atoms with Crippen LogP contribution in [-0.4, -0.2) is 42.3 Å². The Morgan fingerprint density at radius 2 is 1.91 bits per heavy atom. The number of aromatic hydroxyl groups is 1. The molecule has 7 heteroatoms. The Balaban J connectivity index is 2.42. The normalized spacial score (nSPS) is 12.0. The number of quaternary nitrogens is 1. The van der Waals surface area contributed by atoms with Gasteiger partial charge in [-0.3, -0.25) is 9.28 Å². The molecule has 2 N–H and O–H groups in total. The molecule has 0 radical (unpaired) electrons. The largest absolute Gasteiger partial charge is 0.501 e. The number of nitrogens with zero attached hydrogens (tertiary/aromatic N) is 2. The number of phenolic OH excluding ortho intramolecular Hbond substituents is 1. The van der Waals surface area contributed by atoms with Crippen molar-refractivity contribution in [3.8, 4) is 17.2 Å². The third kappa shape index (κ3) is 2.40. The molecule has 2 aliphatic rings. The van der Waals surface area contributed by atoms with Crippen LogP contribution in [0.4, 0.5) is 5.69 Å². The van der Waals surface area contributed by atoms with Gasteiger partial charge in [0.05, 0.1) is 26.7 Å². The van der Waals surface area contributed by atoms with Crippen molar-refractivity contribution in [1.29, 1.82) is 0 Å². The van der Waals surface area contributed by atoms with Gasteiger partial charge in [0.15, 0.2) is 11.3 Å². The van der Waals surface area contributed by atoms with Gasteiger partial charge in [0.2, 0.25) is 11.2 Å². The van der Waals surface area contributed by atoms with E-state index >= 15 is 0 Å².